The molecule has 0 saturated carbocycles. The number of carbonyl (C=O) groups excluding carboxylic acids is 1. The molecule has 10 heteroatoms. The average molecular weight is 416 g/mol. The number of amides is 1. The van der Waals surface area contributed by atoms with Gasteiger partial charge in [-0.2, -0.15) is 14.9 Å². The first-order chi connectivity index (χ1) is 15.2. The fourth-order valence-electron chi connectivity index (χ4n) is 5.14. The summed E-state index contributed by atoms with van der Waals surface area (Å²) in [4.78, 5) is 30.4. The van der Waals surface area contributed by atoms with E-state index in [1.54, 1.807) is 29.2 Å². The third kappa shape index (κ3) is 2.63. The van der Waals surface area contributed by atoms with Crippen molar-refractivity contribution in [3.05, 3.63) is 48.3 Å². The van der Waals surface area contributed by atoms with Crippen molar-refractivity contribution in [2.75, 3.05) is 18.0 Å². The molecule has 156 valence electrons. The highest BCUT2D eigenvalue weighted by Crippen LogP contribution is 2.47. The monoisotopic (exact) mass is 416 g/mol. The molecule has 0 aromatic carbocycles. The number of aromatic nitrogens is 5. The van der Waals surface area contributed by atoms with E-state index in [4.69, 9.17) is 4.74 Å². The lowest BCUT2D eigenvalue weighted by Crippen LogP contribution is -2.50. The zero-order chi connectivity index (χ0) is 21.0. The minimum atomic E-state index is -0.782. The van der Waals surface area contributed by atoms with Crippen molar-refractivity contribution in [3.8, 4) is 6.07 Å². The van der Waals surface area contributed by atoms with Crippen molar-refractivity contribution in [3.63, 3.8) is 0 Å². The quantitative estimate of drug-likeness (QED) is 0.617. The van der Waals surface area contributed by atoms with Crippen LogP contribution in [0.4, 0.5) is 5.82 Å². The lowest BCUT2D eigenvalue weighted by molar-refractivity contribution is -0.140. The van der Waals surface area contributed by atoms with Crippen LogP contribution in [-0.4, -0.2) is 60.3 Å². The number of hydrogen-bond acceptors (Lipinski definition) is 8. The number of rotatable bonds is 2. The molecule has 0 radical (unpaired) electrons. The molecule has 1 amide bonds. The summed E-state index contributed by atoms with van der Waals surface area (Å²) < 4.78 is 8.09. The molecule has 3 aliphatic rings. The maximum atomic E-state index is 13.5. The van der Waals surface area contributed by atoms with Gasteiger partial charge in [-0.1, -0.05) is 0 Å². The largest absolute Gasteiger partial charge is 0.356 e. The van der Waals surface area contributed by atoms with Gasteiger partial charge < -0.3 is 14.5 Å². The summed E-state index contributed by atoms with van der Waals surface area (Å²) in [6, 6.07) is 5.73. The van der Waals surface area contributed by atoms with E-state index >= 15 is 0 Å². The van der Waals surface area contributed by atoms with Gasteiger partial charge in [0.2, 0.25) is 0 Å². The Morgan fingerprint density at radius 2 is 2.03 bits per heavy atom. The Morgan fingerprint density at radius 3 is 2.81 bits per heavy atom. The lowest BCUT2D eigenvalue weighted by Gasteiger charge is -2.38. The number of carbonyl (C=O) groups is 1. The molecule has 3 saturated heterocycles. The zero-order valence-corrected chi connectivity index (χ0v) is 16.8. The van der Waals surface area contributed by atoms with Gasteiger partial charge in [0.15, 0.2) is 11.2 Å². The van der Waals surface area contributed by atoms with E-state index in [9.17, 15) is 10.1 Å². The molecule has 3 aliphatic heterocycles. The van der Waals surface area contributed by atoms with Gasteiger partial charge in [0, 0.05) is 38.3 Å². The molecule has 0 aliphatic carbocycles. The van der Waals surface area contributed by atoms with Gasteiger partial charge >= 0.3 is 0 Å². The number of ether oxygens (including phenoxy) is 1. The second kappa shape index (κ2) is 6.72. The Balaban J connectivity index is 1.24. The Bertz CT molecular complexity index is 1200. The van der Waals surface area contributed by atoms with Gasteiger partial charge in [0.05, 0.1) is 23.5 Å². The predicted octanol–water partition coefficient (Wildman–Crippen LogP) is 1.45. The highest BCUT2D eigenvalue weighted by Gasteiger charge is 2.58. The summed E-state index contributed by atoms with van der Waals surface area (Å²) in [6.45, 7) is 1.31. The van der Waals surface area contributed by atoms with Gasteiger partial charge in [0.25, 0.3) is 5.91 Å². The Kier molecular flexibility index (Phi) is 3.94. The van der Waals surface area contributed by atoms with Crippen LogP contribution in [0.2, 0.25) is 0 Å². The molecular weight excluding hydrogens is 396 g/mol. The summed E-state index contributed by atoms with van der Waals surface area (Å²) in [7, 11) is 0. The van der Waals surface area contributed by atoms with Gasteiger partial charge in [0.1, 0.15) is 24.4 Å². The third-order valence-corrected chi connectivity index (χ3v) is 6.66. The fraction of sp³-hybridized carbons (Fsp3) is 0.429. The van der Waals surface area contributed by atoms with E-state index in [1.165, 1.54) is 6.33 Å². The van der Waals surface area contributed by atoms with Crippen molar-refractivity contribution >= 4 is 17.4 Å². The molecule has 3 fully saturated rings. The normalized spacial score (nSPS) is 24.7. The van der Waals surface area contributed by atoms with Gasteiger partial charge in [-0.25, -0.2) is 4.98 Å². The first kappa shape index (κ1) is 18.2. The maximum Gasteiger partial charge on any atom is 0.257 e. The maximum absolute atomic E-state index is 13.5. The van der Waals surface area contributed by atoms with Crippen LogP contribution >= 0.6 is 0 Å². The van der Waals surface area contributed by atoms with E-state index in [1.807, 2.05) is 11.0 Å². The second-order valence-electron chi connectivity index (χ2n) is 8.20. The highest BCUT2D eigenvalue weighted by atomic mass is 16.6. The van der Waals surface area contributed by atoms with Crippen LogP contribution in [0.1, 0.15) is 43.0 Å². The van der Waals surface area contributed by atoms with Crippen LogP contribution in [0.15, 0.2) is 37.1 Å². The van der Waals surface area contributed by atoms with Crippen LogP contribution in [-0.2, 0) is 9.53 Å². The molecule has 1 spiro atoms. The second-order valence-corrected chi connectivity index (χ2v) is 8.20. The van der Waals surface area contributed by atoms with Crippen molar-refractivity contribution in [1.29, 1.82) is 5.26 Å². The lowest BCUT2D eigenvalue weighted by atomic mass is 9.90. The topological polar surface area (TPSA) is 113 Å². The van der Waals surface area contributed by atoms with E-state index in [-0.39, 0.29) is 18.2 Å². The van der Waals surface area contributed by atoms with Crippen LogP contribution in [0.3, 0.4) is 0 Å². The molecular formula is C21H20N8O2. The van der Waals surface area contributed by atoms with Crippen LogP contribution in [0, 0.1) is 11.3 Å². The Morgan fingerprint density at radius 1 is 1.16 bits per heavy atom. The van der Waals surface area contributed by atoms with Gasteiger partial charge in [-0.15, -0.1) is 0 Å². The molecule has 3 aromatic rings. The first-order valence-electron chi connectivity index (χ1n) is 10.4. The molecule has 3 aromatic heterocycles. The number of piperidine rings is 1. The number of anilines is 1. The Labute approximate surface area is 178 Å². The molecule has 10 nitrogen and oxygen atoms in total. The van der Waals surface area contributed by atoms with Crippen LogP contribution < -0.4 is 4.90 Å². The van der Waals surface area contributed by atoms with E-state index in [0.717, 1.165) is 24.4 Å². The Hall–Kier alpha value is -3.58. The van der Waals surface area contributed by atoms with Crippen molar-refractivity contribution in [1.82, 2.24) is 29.5 Å². The summed E-state index contributed by atoms with van der Waals surface area (Å²) >= 11 is 0. The van der Waals surface area contributed by atoms with Gasteiger partial charge in [-0.3, -0.25) is 14.8 Å². The molecule has 6 heterocycles. The van der Waals surface area contributed by atoms with Crippen molar-refractivity contribution < 1.29 is 9.53 Å². The summed E-state index contributed by atoms with van der Waals surface area (Å²) in [6.07, 6.45) is 9.16. The molecule has 0 bridgehead atoms. The summed E-state index contributed by atoms with van der Waals surface area (Å²) in [5.41, 5.74) is 1.07. The van der Waals surface area contributed by atoms with E-state index < -0.39 is 5.60 Å². The van der Waals surface area contributed by atoms with E-state index in [0.29, 0.717) is 37.1 Å². The molecule has 2 atom stereocenters. The standard InChI is InChI=1S/C21H20N8O2/c22-11-14-1-3-17(29-19(14)25-13-26-29)27-9-5-21(6-10-27)20(30)28-16(2-4-18(28)31-21)15-12-23-7-8-24-15/h1,3,7-8,12-13,16,18H,2,4-6,9-10H2. The SMILES string of the molecule is N#Cc1ccc(N2CCC3(CC2)OC2CCC(c4cnccn4)N2C3=O)n2ncnc12. The number of pyridine rings is 1. The minimum Gasteiger partial charge on any atom is -0.356 e. The highest BCUT2D eigenvalue weighted by molar-refractivity contribution is 5.88. The van der Waals surface area contributed by atoms with Crippen molar-refractivity contribution in [2.45, 2.75) is 43.6 Å². The first-order valence-corrected chi connectivity index (χ1v) is 10.4. The smallest absolute Gasteiger partial charge is 0.257 e. The predicted molar refractivity (Wildman–Crippen MR) is 108 cm³/mol. The number of nitrogens with zero attached hydrogens (tertiary/aromatic N) is 8. The van der Waals surface area contributed by atoms with E-state index in [2.05, 4.69) is 31.0 Å². The van der Waals surface area contributed by atoms with Crippen LogP contribution in [0.5, 0.6) is 0 Å². The number of nitriles is 1. The van der Waals surface area contributed by atoms with Crippen molar-refractivity contribution in [2.24, 2.45) is 0 Å². The van der Waals surface area contributed by atoms with Crippen LogP contribution in [0.25, 0.3) is 5.65 Å². The third-order valence-electron chi connectivity index (χ3n) is 6.66. The zero-order valence-electron chi connectivity index (χ0n) is 16.8. The molecule has 31 heavy (non-hydrogen) atoms. The molecule has 0 N–H and O–H groups in total. The number of fused-ring (bicyclic) bond motifs is 2. The summed E-state index contributed by atoms with van der Waals surface area (Å²) in [5.74, 6) is 0.931. The minimum absolute atomic E-state index is 0.0658. The fourth-order valence-corrected chi connectivity index (χ4v) is 5.14. The summed E-state index contributed by atoms with van der Waals surface area (Å²) in [5, 5.41) is 13.6. The molecule has 2 unspecified atom stereocenters. The van der Waals surface area contributed by atoms with Gasteiger partial charge in [-0.05, 0) is 25.0 Å². The molecule has 6 rings (SSSR count). The average Bonchev–Trinajstić information content (AvgIpc) is 3.52. The number of hydrogen-bond donors (Lipinski definition) is 0.